The van der Waals surface area contributed by atoms with Gasteiger partial charge in [-0.05, 0) is 25.5 Å². The minimum atomic E-state index is -4.81. The quantitative estimate of drug-likeness (QED) is 0.509. The molecule has 1 amide bonds. The normalized spacial score (nSPS) is 15.3. The summed E-state index contributed by atoms with van der Waals surface area (Å²) in [5.74, 6) is -3.31. The molecule has 0 saturated heterocycles. The van der Waals surface area contributed by atoms with Gasteiger partial charge in [-0.25, -0.2) is 13.1 Å². The molecule has 2 heterocycles. The molecule has 0 bridgehead atoms. The second-order valence-electron chi connectivity index (χ2n) is 6.95. The highest BCUT2D eigenvalue weighted by Crippen LogP contribution is 2.29. The molecular weight excluding hydrogens is 461 g/mol. The van der Waals surface area contributed by atoms with Crippen LogP contribution in [0.4, 0.5) is 33.5 Å². The smallest absolute Gasteiger partial charge is 0.321 e. The Labute approximate surface area is 179 Å². The summed E-state index contributed by atoms with van der Waals surface area (Å²) < 4.78 is 93.7. The van der Waals surface area contributed by atoms with E-state index in [9.17, 15) is 35.2 Å². The van der Waals surface area contributed by atoms with Gasteiger partial charge >= 0.3 is 16.4 Å². The number of nitrogens with zero attached hydrogens (tertiary/aromatic N) is 3. The fraction of sp³-hybridized carbons (Fsp3) is 0.333. The Morgan fingerprint density at radius 1 is 1.19 bits per heavy atom. The predicted octanol–water partition coefficient (Wildman–Crippen LogP) is 2.65. The van der Waals surface area contributed by atoms with Crippen LogP contribution in [0.3, 0.4) is 0 Å². The van der Waals surface area contributed by atoms with Gasteiger partial charge in [0.1, 0.15) is 11.7 Å². The Bertz CT molecular complexity index is 1180. The van der Waals surface area contributed by atoms with Crippen LogP contribution in [0.15, 0.2) is 30.4 Å². The summed E-state index contributed by atoms with van der Waals surface area (Å²) in [6.45, 7) is 0.347. The Morgan fingerprint density at radius 2 is 1.88 bits per heavy atom. The number of aromatic nitrogens is 2. The van der Waals surface area contributed by atoms with E-state index in [4.69, 9.17) is 0 Å². The number of carbonyl (C=O) groups excluding carboxylic acids is 1. The van der Waals surface area contributed by atoms with Crippen molar-refractivity contribution in [1.82, 2.24) is 14.5 Å². The molecule has 3 rings (SSSR count). The number of hydrogen-bond acceptors (Lipinski definition) is 4. The van der Waals surface area contributed by atoms with Crippen LogP contribution < -0.4 is 14.3 Å². The van der Waals surface area contributed by atoms with Crippen LogP contribution >= 0.6 is 0 Å². The number of benzene rings is 1. The van der Waals surface area contributed by atoms with E-state index in [0.717, 1.165) is 22.9 Å². The van der Waals surface area contributed by atoms with Crippen LogP contribution in [-0.2, 0) is 23.7 Å². The van der Waals surface area contributed by atoms with Crippen LogP contribution in [-0.4, -0.2) is 42.9 Å². The highest BCUT2D eigenvalue weighted by Gasteiger charge is 2.41. The zero-order valence-corrected chi connectivity index (χ0v) is 17.6. The molecule has 0 fully saturated rings. The lowest BCUT2D eigenvalue weighted by molar-refractivity contribution is -0.147. The summed E-state index contributed by atoms with van der Waals surface area (Å²) in [6.07, 6.45) is -1.80. The van der Waals surface area contributed by atoms with Crippen molar-refractivity contribution in [1.29, 1.82) is 0 Å². The SMILES string of the molecule is CC(NS(=O)(=O)N1CC=CCc2c1nn(C)c2C(=O)Nc1ccc(F)c(F)c1)C(F)(F)F. The molecule has 1 atom stereocenters. The molecule has 1 aliphatic rings. The van der Waals surface area contributed by atoms with Gasteiger partial charge in [0.15, 0.2) is 17.5 Å². The first-order chi connectivity index (χ1) is 14.8. The molecule has 0 radical (unpaired) electrons. The number of aryl methyl sites for hydroxylation is 1. The number of alkyl halides is 3. The zero-order valence-electron chi connectivity index (χ0n) is 16.7. The monoisotopic (exact) mass is 479 g/mol. The first-order valence-corrected chi connectivity index (χ1v) is 10.6. The maximum Gasteiger partial charge on any atom is 0.404 e. The molecule has 2 aromatic rings. The molecule has 8 nitrogen and oxygen atoms in total. The summed E-state index contributed by atoms with van der Waals surface area (Å²) in [6, 6.07) is 0.355. The van der Waals surface area contributed by atoms with Crippen LogP contribution in [0.1, 0.15) is 23.0 Å². The van der Waals surface area contributed by atoms with Crippen LogP contribution in [0.25, 0.3) is 0 Å². The second-order valence-corrected chi connectivity index (χ2v) is 8.58. The lowest BCUT2D eigenvalue weighted by atomic mass is 10.1. The molecule has 14 heteroatoms. The molecule has 0 spiro atoms. The third-order valence-corrected chi connectivity index (χ3v) is 6.17. The van der Waals surface area contributed by atoms with E-state index in [2.05, 4.69) is 10.4 Å². The van der Waals surface area contributed by atoms with Gasteiger partial charge in [-0.1, -0.05) is 12.2 Å². The van der Waals surface area contributed by atoms with E-state index >= 15 is 0 Å². The Morgan fingerprint density at radius 3 is 2.50 bits per heavy atom. The number of nitrogens with one attached hydrogen (secondary N) is 2. The Hall–Kier alpha value is -3.00. The van der Waals surface area contributed by atoms with Gasteiger partial charge in [0.25, 0.3) is 5.91 Å². The summed E-state index contributed by atoms with van der Waals surface area (Å²) in [4.78, 5) is 12.8. The average Bonchev–Trinajstić information content (AvgIpc) is 2.84. The molecule has 2 N–H and O–H groups in total. The van der Waals surface area contributed by atoms with E-state index in [1.165, 1.54) is 19.2 Å². The zero-order chi connectivity index (χ0) is 23.8. The summed E-state index contributed by atoms with van der Waals surface area (Å²) in [5.41, 5.74) is -0.0233. The van der Waals surface area contributed by atoms with Crippen molar-refractivity contribution < 1.29 is 35.2 Å². The fourth-order valence-corrected chi connectivity index (χ4v) is 4.38. The van der Waals surface area contributed by atoms with Crippen molar-refractivity contribution in [3.05, 3.63) is 53.2 Å². The van der Waals surface area contributed by atoms with Crippen molar-refractivity contribution in [3.8, 4) is 0 Å². The Balaban J connectivity index is 1.96. The van der Waals surface area contributed by atoms with E-state index in [-0.39, 0.29) is 35.7 Å². The molecule has 1 unspecified atom stereocenters. The van der Waals surface area contributed by atoms with Gasteiger partial charge in [0.05, 0.1) is 6.54 Å². The number of rotatable bonds is 5. The maximum absolute atomic E-state index is 13.4. The number of amides is 1. The highest BCUT2D eigenvalue weighted by molar-refractivity contribution is 7.90. The standard InChI is InChI=1S/C18H18F5N5O3S/c1-10(18(21,22)23)26-32(30,31)28-8-4-3-5-12-15(27(2)25-16(12)28)17(29)24-11-6-7-13(19)14(20)9-11/h3-4,6-7,9-10,26H,5,8H2,1-2H3,(H,24,29). The van der Waals surface area contributed by atoms with Crippen molar-refractivity contribution in [2.24, 2.45) is 7.05 Å². The number of allylic oxidation sites excluding steroid dienone is 1. The van der Waals surface area contributed by atoms with Crippen molar-refractivity contribution >= 4 is 27.6 Å². The fourth-order valence-electron chi connectivity index (χ4n) is 3.01. The third-order valence-electron chi connectivity index (χ3n) is 4.62. The molecular formula is C18H18F5N5O3S. The van der Waals surface area contributed by atoms with Gasteiger partial charge in [-0.3, -0.25) is 9.48 Å². The van der Waals surface area contributed by atoms with E-state index in [0.29, 0.717) is 11.2 Å². The molecule has 1 aromatic carbocycles. The molecule has 174 valence electrons. The largest absolute Gasteiger partial charge is 0.404 e. The minimum absolute atomic E-state index is 0.0573. The Kier molecular flexibility index (Phi) is 6.29. The highest BCUT2D eigenvalue weighted by atomic mass is 32.2. The number of hydrogen-bond donors (Lipinski definition) is 2. The van der Waals surface area contributed by atoms with Gasteiger partial charge in [0, 0.05) is 24.4 Å². The molecule has 0 aliphatic carbocycles. The minimum Gasteiger partial charge on any atom is -0.321 e. The topological polar surface area (TPSA) is 96.3 Å². The third kappa shape index (κ3) is 4.75. The number of halogens is 5. The second kappa shape index (κ2) is 8.50. The van der Waals surface area contributed by atoms with Gasteiger partial charge in [-0.2, -0.15) is 31.4 Å². The number of carbonyl (C=O) groups is 1. The lowest BCUT2D eigenvalue weighted by Crippen LogP contribution is -2.50. The van der Waals surface area contributed by atoms with Crippen LogP contribution in [0.2, 0.25) is 0 Å². The summed E-state index contributed by atoms with van der Waals surface area (Å²) in [7, 11) is -3.35. The number of anilines is 2. The summed E-state index contributed by atoms with van der Waals surface area (Å²) >= 11 is 0. The average molecular weight is 479 g/mol. The molecule has 1 aliphatic heterocycles. The molecule has 0 saturated carbocycles. The van der Waals surface area contributed by atoms with Crippen molar-refractivity contribution in [2.75, 3.05) is 16.2 Å². The van der Waals surface area contributed by atoms with Crippen LogP contribution in [0, 0.1) is 11.6 Å². The number of fused-ring (bicyclic) bond motifs is 1. The van der Waals surface area contributed by atoms with Crippen molar-refractivity contribution in [2.45, 2.75) is 25.6 Å². The van der Waals surface area contributed by atoms with E-state index in [1.807, 2.05) is 0 Å². The summed E-state index contributed by atoms with van der Waals surface area (Å²) in [5, 5.41) is 6.40. The molecule has 1 aromatic heterocycles. The maximum atomic E-state index is 13.4. The first-order valence-electron chi connectivity index (χ1n) is 9.15. The van der Waals surface area contributed by atoms with Crippen molar-refractivity contribution in [3.63, 3.8) is 0 Å². The van der Waals surface area contributed by atoms with Crippen LogP contribution in [0.5, 0.6) is 0 Å². The van der Waals surface area contributed by atoms with Gasteiger partial charge in [0.2, 0.25) is 0 Å². The van der Waals surface area contributed by atoms with Gasteiger partial charge in [-0.15, -0.1) is 0 Å². The van der Waals surface area contributed by atoms with E-state index in [1.54, 1.807) is 4.72 Å². The predicted molar refractivity (Wildman–Crippen MR) is 105 cm³/mol. The first kappa shape index (κ1) is 23.7. The van der Waals surface area contributed by atoms with Gasteiger partial charge < -0.3 is 5.32 Å². The van der Waals surface area contributed by atoms with E-state index < -0.39 is 40.0 Å². The molecule has 32 heavy (non-hydrogen) atoms. The lowest BCUT2D eigenvalue weighted by Gasteiger charge is -2.24.